The zero-order valence-corrected chi connectivity index (χ0v) is 12.3. The quantitative estimate of drug-likeness (QED) is 0.790. The zero-order chi connectivity index (χ0) is 14.5. The Morgan fingerprint density at radius 3 is 3.05 bits per heavy atom. The second kappa shape index (κ2) is 6.75. The molecule has 20 heavy (non-hydrogen) atoms. The van der Waals surface area contributed by atoms with Crippen LogP contribution in [0.2, 0.25) is 0 Å². The van der Waals surface area contributed by atoms with E-state index in [2.05, 4.69) is 17.6 Å². The van der Waals surface area contributed by atoms with E-state index in [9.17, 15) is 9.90 Å². The first-order valence-electron chi connectivity index (χ1n) is 7.43. The van der Waals surface area contributed by atoms with Gasteiger partial charge in [-0.15, -0.1) is 0 Å². The maximum absolute atomic E-state index is 12.2. The number of hydrogen-bond acceptors (Lipinski definition) is 3. The van der Waals surface area contributed by atoms with E-state index in [1.165, 1.54) is 12.8 Å². The SMILES string of the molecule is CCC1CCCNC1CNC(=O)c1cccc(O)c1C. The molecule has 1 aromatic carbocycles. The van der Waals surface area contributed by atoms with Gasteiger partial charge in [-0.2, -0.15) is 0 Å². The summed E-state index contributed by atoms with van der Waals surface area (Å²) >= 11 is 0. The molecule has 0 spiro atoms. The normalized spacial score (nSPS) is 22.5. The number of carbonyl (C=O) groups is 1. The molecule has 2 rings (SSSR count). The lowest BCUT2D eigenvalue weighted by atomic mass is 9.88. The molecule has 0 bridgehead atoms. The van der Waals surface area contributed by atoms with Crippen molar-refractivity contribution in [3.05, 3.63) is 29.3 Å². The molecule has 1 heterocycles. The van der Waals surface area contributed by atoms with Crippen molar-refractivity contribution in [1.82, 2.24) is 10.6 Å². The lowest BCUT2D eigenvalue weighted by Gasteiger charge is -2.32. The molecule has 1 saturated heterocycles. The fraction of sp³-hybridized carbons (Fsp3) is 0.562. The summed E-state index contributed by atoms with van der Waals surface area (Å²) in [5, 5.41) is 16.1. The molecule has 0 saturated carbocycles. The maximum Gasteiger partial charge on any atom is 0.251 e. The van der Waals surface area contributed by atoms with Gasteiger partial charge in [0.1, 0.15) is 5.75 Å². The fourth-order valence-electron chi connectivity index (χ4n) is 2.91. The highest BCUT2D eigenvalue weighted by molar-refractivity contribution is 5.96. The molecule has 2 unspecified atom stereocenters. The van der Waals surface area contributed by atoms with Gasteiger partial charge in [0.15, 0.2) is 0 Å². The number of benzene rings is 1. The highest BCUT2D eigenvalue weighted by Gasteiger charge is 2.23. The van der Waals surface area contributed by atoms with Crippen LogP contribution in [0.1, 0.15) is 42.1 Å². The average Bonchev–Trinajstić information content (AvgIpc) is 2.48. The number of amides is 1. The number of phenolic OH excluding ortho intramolecular Hbond substituents is 1. The zero-order valence-electron chi connectivity index (χ0n) is 12.3. The van der Waals surface area contributed by atoms with Crippen LogP contribution in [0.25, 0.3) is 0 Å². The van der Waals surface area contributed by atoms with Crippen molar-refractivity contribution in [2.24, 2.45) is 5.92 Å². The Bertz CT molecular complexity index is 474. The minimum atomic E-state index is -0.111. The summed E-state index contributed by atoms with van der Waals surface area (Å²) < 4.78 is 0. The lowest BCUT2D eigenvalue weighted by Crippen LogP contribution is -2.48. The summed E-state index contributed by atoms with van der Waals surface area (Å²) in [7, 11) is 0. The van der Waals surface area contributed by atoms with Crippen molar-refractivity contribution < 1.29 is 9.90 Å². The van der Waals surface area contributed by atoms with Gasteiger partial charge in [-0.1, -0.05) is 19.4 Å². The Morgan fingerprint density at radius 2 is 2.30 bits per heavy atom. The second-order valence-corrected chi connectivity index (χ2v) is 5.53. The van der Waals surface area contributed by atoms with Crippen molar-refractivity contribution in [1.29, 1.82) is 0 Å². The molecule has 3 N–H and O–H groups in total. The van der Waals surface area contributed by atoms with Crippen LogP contribution in [-0.4, -0.2) is 30.1 Å². The minimum absolute atomic E-state index is 0.111. The third-order valence-electron chi connectivity index (χ3n) is 4.28. The molecule has 0 aliphatic carbocycles. The topological polar surface area (TPSA) is 61.4 Å². The highest BCUT2D eigenvalue weighted by atomic mass is 16.3. The summed E-state index contributed by atoms with van der Waals surface area (Å²) in [6.45, 7) is 5.64. The monoisotopic (exact) mass is 276 g/mol. The van der Waals surface area contributed by atoms with E-state index in [0.717, 1.165) is 13.0 Å². The van der Waals surface area contributed by atoms with E-state index in [-0.39, 0.29) is 11.7 Å². The van der Waals surface area contributed by atoms with Gasteiger partial charge in [0.25, 0.3) is 5.91 Å². The van der Waals surface area contributed by atoms with Gasteiger partial charge < -0.3 is 15.7 Å². The molecule has 110 valence electrons. The molecule has 1 aliphatic rings. The number of aromatic hydroxyl groups is 1. The number of phenols is 1. The molecule has 1 fully saturated rings. The number of rotatable bonds is 4. The van der Waals surface area contributed by atoms with E-state index >= 15 is 0 Å². The van der Waals surface area contributed by atoms with E-state index in [0.29, 0.717) is 29.6 Å². The molecular weight excluding hydrogens is 252 g/mol. The second-order valence-electron chi connectivity index (χ2n) is 5.53. The summed E-state index contributed by atoms with van der Waals surface area (Å²) in [5.41, 5.74) is 1.18. The molecule has 1 aromatic rings. The lowest BCUT2D eigenvalue weighted by molar-refractivity contribution is 0.0941. The molecule has 1 aliphatic heterocycles. The number of nitrogens with one attached hydrogen (secondary N) is 2. The van der Waals surface area contributed by atoms with E-state index in [1.807, 2.05) is 0 Å². The van der Waals surface area contributed by atoms with Crippen LogP contribution >= 0.6 is 0 Å². The Balaban J connectivity index is 1.96. The molecule has 0 aromatic heterocycles. The molecular formula is C16H24N2O2. The van der Waals surface area contributed by atoms with Crippen molar-refractivity contribution in [2.45, 2.75) is 39.2 Å². The first kappa shape index (κ1) is 14.9. The third kappa shape index (κ3) is 3.31. The van der Waals surface area contributed by atoms with Gasteiger partial charge in [0.05, 0.1) is 0 Å². The predicted molar refractivity (Wildman–Crippen MR) is 80.0 cm³/mol. The predicted octanol–water partition coefficient (Wildman–Crippen LogP) is 2.21. The van der Waals surface area contributed by atoms with Crippen molar-refractivity contribution in [3.8, 4) is 5.75 Å². The molecule has 1 amide bonds. The Morgan fingerprint density at radius 1 is 1.50 bits per heavy atom. The maximum atomic E-state index is 12.2. The summed E-state index contributed by atoms with van der Waals surface area (Å²) in [5.74, 6) is 0.690. The van der Waals surface area contributed by atoms with Gasteiger partial charge in [-0.25, -0.2) is 0 Å². The van der Waals surface area contributed by atoms with E-state index in [4.69, 9.17) is 0 Å². The average molecular weight is 276 g/mol. The van der Waals surface area contributed by atoms with E-state index < -0.39 is 0 Å². The highest BCUT2D eigenvalue weighted by Crippen LogP contribution is 2.21. The fourth-order valence-corrected chi connectivity index (χ4v) is 2.91. The first-order valence-corrected chi connectivity index (χ1v) is 7.43. The van der Waals surface area contributed by atoms with E-state index in [1.54, 1.807) is 25.1 Å². The number of hydrogen-bond donors (Lipinski definition) is 3. The smallest absolute Gasteiger partial charge is 0.251 e. The van der Waals surface area contributed by atoms with Crippen LogP contribution < -0.4 is 10.6 Å². The van der Waals surface area contributed by atoms with Gasteiger partial charge >= 0.3 is 0 Å². The molecule has 2 atom stereocenters. The van der Waals surface area contributed by atoms with Crippen LogP contribution in [0.3, 0.4) is 0 Å². The number of carbonyl (C=O) groups excluding carboxylic acids is 1. The third-order valence-corrected chi connectivity index (χ3v) is 4.28. The first-order chi connectivity index (χ1) is 9.63. The Hall–Kier alpha value is -1.55. The van der Waals surface area contributed by atoms with Crippen molar-refractivity contribution in [3.63, 3.8) is 0 Å². The minimum Gasteiger partial charge on any atom is -0.508 e. The van der Waals surface area contributed by atoms with Gasteiger partial charge in [0.2, 0.25) is 0 Å². The molecule has 4 nitrogen and oxygen atoms in total. The largest absolute Gasteiger partial charge is 0.508 e. The van der Waals surface area contributed by atoms with Crippen molar-refractivity contribution >= 4 is 5.91 Å². The Labute approximate surface area is 120 Å². The Kier molecular flexibility index (Phi) is 5.01. The van der Waals surface area contributed by atoms with Crippen LogP contribution in [-0.2, 0) is 0 Å². The summed E-state index contributed by atoms with van der Waals surface area (Å²) in [6.07, 6.45) is 3.59. The summed E-state index contributed by atoms with van der Waals surface area (Å²) in [4.78, 5) is 12.2. The standard InChI is InChI=1S/C16H24N2O2/c1-3-12-6-5-9-17-14(12)10-18-16(20)13-7-4-8-15(19)11(13)2/h4,7-8,12,14,17,19H,3,5-6,9-10H2,1-2H3,(H,18,20). The summed E-state index contributed by atoms with van der Waals surface area (Å²) in [6, 6.07) is 5.40. The van der Waals surface area contributed by atoms with Gasteiger partial charge in [-0.3, -0.25) is 4.79 Å². The molecule has 0 radical (unpaired) electrons. The number of piperidine rings is 1. The molecule has 4 heteroatoms. The van der Waals surface area contributed by atoms with Crippen LogP contribution in [0.4, 0.5) is 0 Å². The van der Waals surface area contributed by atoms with Crippen molar-refractivity contribution in [2.75, 3.05) is 13.1 Å². The van der Waals surface area contributed by atoms with Crippen LogP contribution in [0.5, 0.6) is 5.75 Å². The van der Waals surface area contributed by atoms with Crippen LogP contribution in [0, 0.1) is 12.8 Å². The van der Waals surface area contributed by atoms with Gasteiger partial charge in [-0.05, 0) is 44.4 Å². The van der Waals surface area contributed by atoms with Crippen LogP contribution in [0.15, 0.2) is 18.2 Å². The van der Waals surface area contributed by atoms with Gasteiger partial charge in [0, 0.05) is 23.7 Å².